The number of aryl methyl sites for hydroxylation is 2. The minimum Gasteiger partial charge on any atom is -0.551 e. The predicted molar refractivity (Wildman–Crippen MR) is 24.8 cm³/mol. The molecule has 1 aromatic heterocycles. The molecule has 0 radical (unpaired) electrons. The van der Waals surface area contributed by atoms with Gasteiger partial charge in [-0.1, -0.05) is 6.92 Å². The zero-order valence-electron chi connectivity index (χ0n) is 4.93. The van der Waals surface area contributed by atoms with Crippen molar-refractivity contribution in [3.05, 3.63) is 17.8 Å². The summed E-state index contributed by atoms with van der Waals surface area (Å²) in [5.41, 5.74) is 0. The first kappa shape index (κ1) is 8.31. The fourth-order valence-electron chi connectivity index (χ4n) is 0.425. The molecule has 0 aliphatic rings. The average molecular weight is 185 g/mol. The third-order valence-corrected chi connectivity index (χ3v) is 0.672. The van der Waals surface area contributed by atoms with Gasteiger partial charge in [0.05, 0.1) is 0 Å². The van der Waals surface area contributed by atoms with Crippen molar-refractivity contribution in [1.82, 2.24) is 4.98 Å². The van der Waals surface area contributed by atoms with Crippen molar-refractivity contribution in [1.29, 1.82) is 0 Å². The van der Waals surface area contributed by atoms with Gasteiger partial charge in [-0.3, -0.25) is 0 Å². The molecule has 2 nitrogen and oxygen atoms in total. The monoisotopic (exact) mass is 185 g/mol. The first-order valence-electron chi connectivity index (χ1n) is 2.11. The summed E-state index contributed by atoms with van der Waals surface area (Å²) in [4.78, 5) is 3.72. The van der Waals surface area contributed by atoms with E-state index in [1.54, 1.807) is 6.92 Å². The van der Waals surface area contributed by atoms with E-state index in [0.717, 1.165) is 5.76 Å². The maximum absolute atomic E-state index is 4.92. The molecule has 0 saturated carbocycles. The normalized spacial score (nSPS) is 8.25. The van der Waals surface area contributed by atoms with E-state index < -0.39 is 0 Å². The number of hydrogen-bond donors (Lipinski definition) is 0. The minimum atomic E-state index is 0. The third kappa shape index (κ3) is 2.06. The van der Waals surface area contributed by atoms with Crippen molar-refractivity contribution in [2.24, 2.45) is 0 Å². The van der Waals surface area contributed by atoms with E-state index in [-0.39, 0.29) is 32.7 Å². The van der Waals surface area contributed by atoms with E-state index in [1.807, 2.05) is 6.92 Å². The summed E-state index contributed by atoms with van der Waals surface area (Å²) in [5.74, 6) is 1.43. The van der Waals surface area contributed by atoms with Gasteiger partial charge in [0.15, 0.2) is 0 Å². The molecule has 0 aromatic carbocycles. The average Bonchev–Trinajstić information content (AvgIpc) is 1.87. The van der Waals surface area contributed by atoms with Crippen LogP contribution in [0.5, 0.6) is 0 Å². The zero-order chi connectivity index (χ0) is 5.28. The molecule has 0 spiro atoms. The van der Waals surface area contributed by atoms with Gasteiger partial charge in [-0.05, 0) is 6.92 Å². The summed E-state index contributed by atoms with van der Waals surface area (Å²) in [6, 6.07) is 0. The second-order valence-corrected chi connectivity index (χ2v) is 1.40. The van der Waals surface area contributed by atoms with Gasteiger partial charge in [0, 0.05) is 11.7 Å². The molecule has 0 N–H and O–H groups in total. The molecule has 0 unspecified atom stereocenters. The first-order chi connectivity index (χ1) is 3.29. The molecular formula is C5H6NOY+2. The van der Waals surface area contributed by atoms with Gasteiger partial charge in [-0.2, -0.15) is 0 Å². The van der Waals surface area contributed by atoms with Crippen LogP contribution in [0.15, 0.2) is 4.42 Å². The Balaban J connectivity index is 0.000000490. The molecule has 8 heavy (non-hydrogen) atoms. The fourth-order valence-corrected chi connectivity index (χ4v) is 0.425. The van der Waals surface area contributed by atoms with Gasteiger partial charge >= 0.3 is 32.7 Å². The van der Waals surface area contributed by atoms with E-state index in [0.29, 0.717) is 5.89 Å². The van der Waals surface area contributed by atoms with E-state index in [2.05, 4.69) is 11.2 Å². The SMILES string of the molecule is Cc1[c-]nc(C)o1.[Y+3]. The summed E-state index contributed by atoms with van der Waals surface area (Å²) in [6.07, 6.45) is 2.65. The largest absolute Gasteiger partial charge is 3.00 e. The molecule has 1 aromatic rings. The first-order valence-corrected chi connectivity index (χ1v) is 2.11. The zero-order valence-corrected chi connectivity index (χ0v) is 7.77. The van der Waals surface area contributed by atoms with Crippen LogP contribution < -0.4 is 0 Å². The quantitative estimate of drug-likeness (QED) is 0.565. The molecule has 0 aliphatic heterocycles. The number of hydrogen-bond acceptors (Lipinski definition) is 2. The van der Waals surface area contributed by atoms with E-state index in [1.165, 1.54) is 0 Å². The number of nitrogens with zero attached hydrogens (tertiary/aromatic N) is 1. The molecule has 1 rings (SSSR count). The van der Waals surface area contributed by atoms with Crippen molar-refractivity contribution in [3.63, 3.8) is 0 Å². The van der Waals surface area contributed by atoms with Crippen molar-refractivity contribution in [2.45, 2.75) is 13.8 Å². The Hall–Kier alpha value is 0.314. The molecule has 0 atom stereocenters. The Kier molecular flexibility index (Phi) is 3.49. The Labute approximate surface area is 73.6 Å². The third-order valence-electron chi connectivity index (χ3n) is 0.672. The van der Waals surface area contributed by atoms with Crippen molar-refractivity contribution in [2.75, 3.05) is 0 Å². The van der Waals surface area contributed by atoms with Gasteiger partial charge in [0.1, 0.15) is 0 Å². The number of aromatic nitrogens is 1. The predicted octanol–water partition coefficient (Wildman–Crippen LogP) is 1.09. The van der Waals surface area contributed by atoms with Gasteiger partial charge in [0.2, 0.25) is 0 Å². The van der Waals surface area contributed by atoms with Crippen LogP contribution in [0.2, 0.25) is 0 Å². The Morgan fingerprint density at radius 3 is 2.25 bits per heavy atom. The second-order valence-electron chi connectivity index (χ2n) is 1.40. The Morgan fingerprint density at radius 2 is 2.12 bits per heavy atom. The molecule has 1 heterocycles. The van der Waals surface area contributed by atoms with E-state index in [9.17, 15) is 0 Å². The standard InChI is InChI=1S/C5H6NO.Y/c1-4-3-6-5(2)7-4;/h1-2H3;/q-1;+3. The summed E-state index contributed by atoms with van der Waals surface area (Å²) in [6.45, 7) is 3.61. The maximum Gasteiger partial charge on any atom is 3.00 e. The van der Waals surface area contributed by atoms with Crippen molar-refractivity contribution < 1.29 is 37.1 Å². The van der Waals surface area contributed by atoms with Crippen LogP contribution in [0.3, 0.4) is 0 Å². The van der Waals surface area contributed by atoms with Crippen LogP contribution in [-0.2, 0) is 32.7 Å². The van der Waals surface area contributed by atoms with Crippen molar-refractivity contribution in [3.8, 4) is 0 Å². The minimum absolute atomic E-state index is 0. The van der Waals surface area contributed by atoms with Crippen LogP contribution in [-0.4, -0.2) is 4.98 Å². The molecule has 38 valence electrons. The summed E-state index contributed by atoms with van der Waals surface area (Å²) >= 11 is 0. The van der Waals surface area contributed by atoms with Gasteiger partial charge in [-0.15, -0.1) is 6.20 Å². The van der Waals surface area contributed by atoms with Crippen LogP contribution in [0, 0.1) is 20.0 Å². The van der Waals surface area contributed by atoms with Crippen LogP contribution in [0.4, 0.5) is 0 Å². The molecule has 0 saturated heterocycles. The van der Waals surface area contributed by atoms with Crippen LogP contribution in [0.1, 0.15) is 11.7 Å². The summed E-state index contributed by atoms with van der Waals surface area (Å²) in [5, 5.41) is 0. The molecule has 3 heteroatoms. The van der Waals surface area contributed by atoms with Crippen molar-refractivity contribution >= 4 is 0 Å². The van der Waals surface area contributed by atoms with E-state index >= 15 is 0 Å². The summed E-state index contributed by atoms with van der Waals surface area (Å²) < 4.78 is 4.92. The topological polar surface area (TPSA) is 26.0 Å². The smallest absolute Gasteiger partial charge is 0.551 e. The number of oxazole rings is 1. The summed E-state index contributed by atoms with van der Waals surface area (Å²) in [7, 11) is 0. The Morgan fingerprint density at radius 1 is 1.50 bits per heavy atom. The maximum atomic E-state index is 4.92. The van der Waals surface area contributed by atoms with E-state index in [4.69, 9.17) is 4.42 Å². The van der Waals surface area contributed by atoms with Crippen LogP contribution in [0.25, 0.3) is 0 Å². The molecular weight excluding hydrogens is 179 g/mol. The number of rotatable bonds is 0. The molecule has 0 aliphatic carbocycles. The molecule has 0 bridgehead atoms. The fraction of sp³-hybridized carbons (Fsp3) is 0.400. The Bertz CT molecular complexity index is 145. The molecule has 0 amide bonds. The van der Waals surface area contributed by atoms with Gasteiger partial charge in [-0.25, -0.2) is 0 Å². The van der Waals surface area contributed by atoms with Gasteiger partial charge < -0.3 is 9.40 Å². The van der Waals surface area contributed by atoms with Gasteiger partial charge in [0.25, 0.3) is 0 Å². The van der Waals surface area contributed by atoms with Crippen LogP contribution >= 0.6 is 0 Å². The molecule has 0 fully saturated rings. The second kappa shape index (κ2) is 3.36.